The molecular weight excluding hydrogens is 355 g/mol. The fourth-order valence-electron chi connectivity index (χ4n) is 2.96. The molecule has 0 saturated carbocycles. The number of Topliss-reactive ketones (excluding diaryl/α,β-unsaturated/α-hetero) is 1. The fourth-order valence-corrected chi connectivity index (χ4v) is 2.96. The van der Waals surface area contributed by atoms with Gasteiger partial charge in [0.15, 0.2) is 5.78 Å². The van der Waals surface area contributed by atoms with Crippen LogP contribution in [0.1, 0.15) is 21.6 Å². The maximum Gasteiger partial charge on any atom is 0.275 e. The molecule has 4 aromatic rings. The molecule has 5 heteroatoms. The molecule has 0 amide bonds. The Hall–Kier alpha value is -3.86. The number of carbonyl (C=O) groups is 1. The van der Waals surface area contributed by atoms with Crippen molar-refractivity contribution in [1.82, 2.24) is 9.97 Å². The van der Waals surface area contributed by atoms with Crippen molar-refractivity contribution >= 4 is 28.5 Å². The molecule has 0 aliphatic rings. The van der Waals surface area contributed by atoms with Crippen molar-refractivity contribution in [2.24, 2.45) is 0 Å². The van der Waals surface area contributed by atoms with Crippen LogP contribution in [0.2, 0.25) is 0 Å². The number of nitrogens with zero attached hydrogens (tertiary/aromatic N) is 1. The lowest BCUT2D eigenvalue weighted by Crippen LogP contribution is -2.18. The molecule has 1 N–H and O–H groups in total. The molecule has 28 heavy (non-hydrogen) atoms. The SMILES string of the molecule is O=C(C(=Cc1cccc(F)c1)c1nc2ccccc2[nH]c1=O)c1ccccc1. The predicted octanol–water partition coefficient (Wildman–Crippen LogP) is 4.49. The third-order valence-electron chi connectivity index (χ3n) is 4.29. The zero-order valence-electron chi connectivity index (χ0n) is 14.7. The largest absolute Gasteiger partial charge is 0.319 e. The van der Waals surface area contributed by atoms with Gasteiger partial charge in [-0.25, -0.2) is 9.37 Å². The Kier molecular flexibility index (Phi) is 4.64. The summed E-state index contributed by atoms with van der Waals surface area (Å²) in [6, 6.07) is 21.5. The number of fused-ring (bicyclic) bond motifs is 1. The summed E-state index contributed by atoms with van der Waals surface area (Å²) in [4.78, 5) is 33.0. The summed E-state index contributed by atoms with van der Waals surface area (Å²) < 4.78 is 13.6. The molecule has 3 aromatic carbocycles. The first-order valence-corrected chi connectivity index (χ1v) is 8.68. The van der Waals surface area contributed by atoms with Crippen LogP contribution in [0.3, 0.4) is 0 Å². The number of hydrogen-bond donors (Lipinski definition) is 1. The smallest absolute Gasteiger partial charge is 0.275 e. The van der Waals surface area contributed by atoms with Crippen LogP contribution in [0.25, 0.3) is 22.7 Å². The third kappa shape index (κ3) is 3.50. The average Bonchev–Trinajstić information content (AvgIpc) is 2.72. The normalized spacial score (nSPS) is 11.5. The van der Waals surface area contributed by atoms with Gasteiger partial charge in [0, 0.05) is 5.56 Å². The van der Waals surface area contributed by atoms with Gasteiger partial charge in [-0.1, -0.05) is 54.6 Å². The highest BCUT2D eigenvalue weighted by Crippen LogP contribution is 2.21. The molecular formula is C23H15FN2O2. The lowest BCUT2D eigenvalue weighted by molar-refractivity contribution is 0.105. The van der Waals surface area contributed by atoms with Crippen LogP contribution in [0.15, 0.2) is 83.7 Å². The first-order chi connectivity index (χ1) is 13.6. The van der Waals surface area contributed by atoms with E-state index < -0.39 is 11.4 Å². The molecule has 0 atom stereocenters. The Morgan fingerprint density at radius 2 is 1.68 bits per heavy atom. The first-order valence-electron chi connectivity index (χ1n) is 8.68. The van der Waals surface area contributed by atoms with E-state index in [4.69, 9.17) is 0 Å². The predicted molar refractivity (Wildman–Crippen MR) is 107 cm³/mol. The molecule has 4 rings (SSSR count). The van der Waals surface area contributed by atoms with Crippen molar-refractivity contribution in [1.29, 1.82) is 0 Å². The highest BCUT2D eigenvalue weighted by Gasteiger charge is 2.19. The Balaban J connectivity index is 1.94. The van der Waals surface area contributed by atoms with Gasteiger partial charge in [0.25, 0.3) is 5.56 Å². The highest BCUT2D eigenvalue weighted by molar-refractivity contribution is 6.32. The van der Waals surface area contributed by atoms with Crippen LogP contribution < -0.4 is 5.56 Å². The zero-order valence-corrected chi connectivity index (χ0v) is 14.7. The van der Waals surface area contributed by atoms with E-state index in [1.807, 2.05) is 0 Å². The van der Waals surface area contributed by atoms with Crippen molar-refractivity contribution in [3.05, 3.63) is 112 Å². The molecule has 0 aliphatic carbocycles. The number of nitrogens with one attached hydrogen (secondary N) is 1. The summed E-state index contributed by atoms with van der Waals surface area (Å²) in [6.45, 7) is 0. The second kappa shape index (κ2) is 7.40. The molecule has 0 bridgehead atoms. The summed E-state index contributed by atoms with van der Waals surface area (Å²) in [7, 11) is 0. The standard InChI is InChI=1S/C23H15FN2O2/c24-17-10-6-7-15(13-17)14-18(22(27)16-8-2-1-3-9-16)21-23(28)26-20-12-5-4-11-19(20)25-21/h1-14H,(H,26,28). The first kappa shape index (κ1) is 17.5. The fraction of sp³-hybridized carbons (Fsp3) is 0. The van der Waals surface area contributed by atoms with Gasteiger partial charge in [-0.05, 0) is 35.9 Å². The Bertz CT molecular complexity index is 1260. The van der Waals surface area contributed by atoms with Crippen molar-refractivity contribution in [3.8, 4) is 0 Å². The second-order valence-electron chi connectivity index (χ2n) is 6.24. The summed E-state index contributed by atoms with van der Waals surface area (Å²) in [5.74, 6) is -0.793. The molecule has 0 aliphatic heterocycles. The van der Waals surface area contributed by atoms with Gasteiger partial charge in [0.1, 0.15) is 11.5 Å². The van der Waals surface area contributed by atoms with Gasteiger partial charge in [-0.2, -0.15) is 0 Å². The van der Waals surface area contributed by atoms with Crippen molar-refractivity contribution < 1.29 is 9.18 Å². The number of allylic oxidation sites excluding steroid dienone is 1. The van der Waals surface area contributed by atoms with Gasteiger partial charge >= 0.3 is 0 Å². The Labute approximate surface area is 160 Å². The van der Waals surface area contributed by atoms with Gasteiger partial charge in [0.2, 0.25) is 0 Å². The number of carbonyl (C=O) groups excluding carboxylic acids is 1. The van der Waals surface area contributed by atoms with Gasteiger partial charge in [-0.3, -0.25) is 9.59 Å². The number of para-hydroxylation sites is 2. The maximum absolute atomic E-state index is 13.6. The monoisotopic (exact) mass is 370 g/mol. The maximum atomic E-state index is 13.6. The summed E-state index contributed by atoms with van der Waals surface area (Å²) in [6.07, 6.45) is 1.49. The number of aromatic nitrogens is 2. The van der Waals surface area contributed by atoms with Crippen molar-refractivity contribution in [3.63, 3.8) is 0 Å². The number of hydrogen-bond acceptors (Lipinski definition) is 3. The molecule has 0 radical (unpaired) electrons. The molecule has 1 heterocycles. The quantitative estimate of drug-likeness (QED) is 0.425. The summed E-state index contributed by atoms with van der Waals surface area (Å²) >= 11 is 0. The molecule has 0 fully saturated rings. The van der Waals surface area contributed by atoms with Crippen LogP contribution in [0, 0.1) is 5.82 Å². The Morgan fingerprint density at radius 3 is 2.46 bits per heavy atom. The minimum Gasteiger partial charge on any atom is -0.319 e. The number of H-pyrrole nitrogens is 1. The number of benzene rings is 3. The topological polar surface area (TPSA) is 62.8 Å². The number of halogens is 1. The summed E-state index contributed by atoms with van der Waals surface area (Å²) in [5.41, 5.74) is 1.64. The highest BCUT2D eigenvalue weighted by atomic mass is 19.1. The van der Waals surface area contributed by atoms with E-state index >= 15 is 0 Å². The lowest BCUT2D eigenvalue weighted by Gasteiger charge is -2.08. The molecule has 0 spiro atoms. The van der Waals surface area contributed by atoms with Crippen LogP contribution in [-0.4, -0.2) is 15.8 Å². The molecule has 136 valence electrons. The van der Waals surface area contributed by atoms with Crippen molar-refractivity contribution in [2.75, 3.05) is 0 Å². The van der Waals surface area contributed by atoms with Gasteiger partial charge in [-0.15, -0.1) is 0 Å². The number of aromatic amines is 1. The van der Waals surface area contributed by atoms with Gasteiger partial charge < -0.3 is 4.98 Å². The Morgan fingerprint density at radius 1 is 0.929 bits per heavy atom. The van der Waals surface area contributed by atoms with E-state index in [1.54, 1.807) is 66.7 Å². The zero-order chi connectivity index (χ0) is 19.5. The average molecular weight is 370 g/mol. The van der Waals surface area contributed by atoms with E-state index in [0.717, 1.165) is 0 Å². The van der Waals surface area contributed by atoms with E-state index in [2.05, 4.69) is 9.97 Å². The van der Waals surface area contributed by atoms with E-state index in [1.165, 1.54) is 18.2 Å². The molecule has 1 aromatic heterocycles. The van der Waals surface area contributed by atoms with Crippen LogP contribution >= 0.6 is 0 Å². The second-order valence-corrected chi connectivity index (χ2v) is 6.24. The van der Waals surface area contributed by atoms with E-state index in [0.29, 0.717) is 22.2 Å². The van der Waals surface area contributed by atoms with Crippen LogP contribution in [-0.2, 0) is 0 Å². The minimum atomic E-state index is -0.481. The van der Waals surface area contributed by atoms with Crippen LogP contribution in [0.5, 0.6) is 0 Å². The molecule has 0 saturated heterocycles. The van der Waals surface area contributed by atoms with E-state index in [9.17, 15) is 14.0 Å². The number of rotatable bonds is 4. The van der Waals surface area contributed by atoms with Crippen LogP contribution in [0.4, 0.5) is 4.39 Å². The molecule has 4 nitrogen and oxygen atoms in total. The van der Waals surface area contributed by atoms with E-state index in [-0.39, 0.29) is 17.1 Å². The molecule has 0 unspecified atom stereocenters. The number of ketones is 1. The third-order valence-corrected chi connectivity index (χ3v) is 4.29. The van der Waals surface area contributed by atoms with Gasteiger partial charge in [0.05, 0.1) is 16.6 Å². The minimum absolute atomic E-state index is 0.00295. The lowest BCUT2D eigenvalue weighted by atomic mass is 9.98. The van der Waals surface area contributed by atoms with Crippen molar-refractivity contribution in [2.45, 2.75) is 0 Å². The summed E-state index contributed by atoms with van der Waals surface area (Å²) in [5, 5.41) is 0.